The predicted molar refractivity (Wildman–Crippen MR) is 98.8 cm³/mol. The molecule has 0 amide bonds. The van der Waals surface area contributed by atoms with E-state index in [0.717, 1.165) is 32.6 Å². The lowest BCUT2D eigenvalue weighted by atomic mass is 10.1. The zero-order chi connectivity index (χ0) is 16.7. The van der Waals surface area contributed by atoms with Gasteiger partial charge in [0.1, 0.15) is 16.9 Å². The van der Waals surface area contributed by atoms with Crippen LogP contribution in [0.15, 0.2) is 69.9 Å². The smallest absolute Gasteiger partial charge is 0.267 e. The van der Waals surface area contributed by atoms with Gasteiger partial charge in [0.15, 0.2) is 0 Å². The minimum atomic E-state index is -0.0932. The lowest BCUT2D eigenvalue weighted by Crippen LogP contribution is -2.12. The number of aromatic nitrogens is 1. The van der Waals surface area contributed by atoms with Crippen LogP contribution in [0, 0.1) is 0 Å². The highest BCUT2D eigenvalue weighted by molar-refractivity contribution is 6.22. The Morgan fingerprint density at radius 2 is 1.64 bits per heavy atom. The highest BCUT2D eigenvalue weighted by atomic mass is 16.3. The van der Waals surface area contributed by atoms with Crippen molar-refractivity contribution in [2.45, 2.75) is 0 Å². The fourth-order valence-corrected chi connectivity index (χ4v) is 4.01. The number of benzene rings is 3. The Balaban J connectivity index is 2.06. The summed E-state index contributed by atoms with van der Waals surface area (Å²) < 4.78 is 7.77. The number of furan rings is 1. The van der Waals surface area contributed by atoms with Gasteiger partial charge in [-0.3, -0.25) is 9.20 Å². The second-order valence-corrected chi connectivity index (χ2v) is 6.35. The Kier molecular flexibility index (Phi) is 2.11. The minimum absolute atomic E-state index is 0.0932. The SMILES string of the molecule is O=c1c2c3ccc(O)cc3oc2c2cccc3c4ccccc4n1c32. The average Bonchev–Trinajstić information content (AvgIpc) is 3.16. The number of phenolic OH excluding ortho intramolecular Hbond substituents is 1. The summed E-state index contributed by atoms with van der Waals surface area (Å²) in [5.41, 5.74) is 2.78. The molecule has 6 rings (SSSR count). The largest absolute Gasteiger partial charge is 0.508 e. The highest BCUT2D eigenvalue weighted by Gasteiger charge is 2.21. The van der Waals surface area contributed by atoms with Crippen LogP contribution in [-0.4, -0.2) is 9.51 Å². The molecule has 6 aromatic rings. The molecule has 0 saturated carbocycles. The van der Waals surface area contributed by atoms with E-state index in [-0.39, 0.29) is 11.3 Å². The van der Waals surface area contributed by atoms with Gasteiger partial charge in [0.05, 0.1) is 16.4 Å². The fraction of sp³-hybridized carbons (Fsp3) is 0. The quantitative estimate of drug-likeness (QED) is 0.442. The van der Waals surface area contributed by atoms with Gasteiger partial charge >= 0.3 is 0 Å². The predicted octanol–water partition coefficient (Wildman–Crippen LogP) is 4.65. The number of nitrogens with zero attached hydrogens (tertiary/aromatic N) is 1. The van der Waals surface area contributed by atoms with Crippen molar-refractivity contribution in [3.63, 3.8) is 0 Å². The van der Waals surface area contributed by atoms with Crippen LogP contribution in [0.4, 0.5) is 0 Å². The van der Waals surface area contributed by atoms with E-state index < -0.39 is 0 Å². The molecule has 0 spiro atoms. The summed E-state index contributed by atoms with van der Waals surface area (Å²) >= 11 is 0. The number of para-hydroxylation sites is 2. The van der Waals surface area contributed by atoms with Crippen LogP contribution in [0.25, 0.3) is 49.1 Å². The molecule has 3 heterocycles. The fourth-order valence-electron chi connectivity index (χ4n) is 4.01. The molecule has 3 aromatic carbocycles. The molecule has 1 N–H and O–H groups in total. The van der Waals surface area contributed by atoms with Crippen molar-refractivity contribution in [2.24, 2.45) is 0 Å². The molecule has 0 aliphatic heterocycles. The Morgan fingerprint density at radius 3 is 2.56 bits per heavy atom. The Bertz CT molecular complexity index is 1520. The molecule has 4 nitrogen and oxygen atoms in total. The summed E-state index contributed by atoms with van der Waals surface area (Å²) in [6.07, 6.45) is 0. The summed E-state index contributed by atoms with van der Waals surface area (Å²) in [6.45, 7) is 0. The summed E-state index contributed by atoms with van der Waals surface area (Å²) in [6, 6.07) is 18.8. The highest BCUT2D eigenvalue weighted by Crippen LogP contribution is 2.37. The maximum absolute atomic E-state index is 13.4. The standard InChI is InChI=1S/C21H11NO3/c23-11-8-9-14-17(10-11)25-20-15-6-3-5-13-12-4-1-2-7-16(12)22(19(13)15)21(24)18(14)20/h1-10,23H. The van der Waals surface area contributed by atoms with Crippen molar-refractivity contribution >= 4 is 49.1 Å². The molecule has 4 heteroatoms. The van der Waals surface area contributed by atoms with Crippen LogP contribution in [0.5, 0.6) is 5.75 Å². The first-order valence-electron chi connectivity index (χ1n) is 8.07. The van der Waals surface area contributed by atoms with E-state index >= 15 is 0 Å². The van der Waals surface area contributed by atoms with Crippen LogP contribution < -0.4 is 5.56 Å². The number of pyridine rings is 1. The second-order valence-electron chi connectivity index (χ2n) is 6.35. The van der Waals surface area contributed by atoms with E-state index in [9.17, 15) is 9.90 Å². The topological polar surface area (TPSA) is 54.8 Å². The minimum Gasteiger partial charge on any atom is -0.508 e. The molecule has 0 atom stereocenters. The number of fused-ring (bicyclic) bond motifs is 7. The van der Waals surface area contributed by atoms with Gasteiger partial charge in [0.2, 0.25) is 0 Å². The van der Waals surface area contributed by atoms with Crippen molar-refractivity contribution in [2.75, 3.05) is 0 Å². The van der Waals surface area contributed by atoms with Crippen LogP contribution in [0.1, 0.15) is 0 Å². The third-order valence-corrected chi connectivity index (χ3v) is 5.03. The molecular formula is C21H11NO3. The monoisotopic (exact) mass is 325 g/mol. The number of phenols is 1. The Labute approximate surface area is 140 Å². The molecule has 0 aliphatic rings. The molecular weight excluding hydrogens is 314 g/mol. The molecule has 0 fully saturated rings. The van der Waals surface area contributed by atoms with Gasteiger partial charge < -0.3 is 9.52 Å². The van der Waals surface area contributed by atoms with E-state index in [2.05, 4.69) is 0 Å². The van der Waals surface area contributed by atoms with Crippen LogP contribution in [0.3, 0.4) is 0 Å². The van der Waals surface area contributed by atoms with Crippen molar-refractivity contribution in [3.05, 3.63) is 71.0 Å². The first-order valence-corrected chi connectivity index (χ1v) is 8.07. The van der Waals surface area contributed by atoms with E-state index in [1.54, 1.807) is 22.6 Å². The molecule has 25 heavy (non-hydrogen) atoms. The maximum atomic E-state index is 13.4. The van der Waals surface area contributed by atoms with Gasteiger partial charge in [-0.05, 0) is 24.3 Å². The van der Waals surface area contributed by atoms with Crippen molar-refractivity contribution in [3.8, 4) is 5.75 Å². The summed E-state index contributed by atoms with van der Waals surface area (Å²) in [4.78, 5) is 13.4. The number of rotatable bonds is 0. The molecule has 0 unspecified atom stereocenters. The third-order valence-electron chi connectivity index (χ3n) is 5.03. The Hall–Kier alpha value is -3.53. The van der Waals surface area contributed by atoms with Crippen LogP contribution in [0.2, 0.25) is 0 Å². The molecule has 3 aromatic heterocycles. The lowest BCUT2D eigenvalue weighted by Gasteiger charge is -2.01. The van der Waals surface area contributed by atoms with Crippen LogP contribution in [-0.2, 0) is 0 Å². The van der Waals surface area contributed by atoms with Crippen molar-refractivity contribution in [1.82, 2.24) is 4.40 Å². The average molecular weight is 325 g/mol. The van der Waals surface area contributed by atoms with Gasteiger partial charge in [-0.25, -0.2) is 0 Å². The number of aromatic hydroxyl groups is 1. The summed E-state index contributed by atoms with van der Waals surface area (Å²) in [5, 5.41) is 14.0. The van der Waals surface area contributed by atoms with Crippen LogP contribution >= 0.6 is 0 Å². The van der Waals surface area contributed by atoms with E-state index in [0.29, 0.717) is 16.6 Å². The zero-order valence-electron chi connectivity index (χ0n) is 13.0. The van der Waals surface area contributed by atoms with Gasteiger partial charge in [-0.2, -0.15) is 0 Å². The zero-order valence-corrected chi connectivity index (χ0v) is 13.0. The van der Waals surface area contributed by atoms with Gasteiger partial charge in [0, 0.05) is 27.6 Å². The molecule has 0 aliphatic carbocycles. The van der Waals surface area contributed by atoms with Gasteiger partial charge in [-0.1, -0.05) is 30.3 Å². The second kappa shape index (κ2) is 4.11. The lowest BCUT2D eigenvalue weighted by molar-refractivity contribution is 0.475. The molecule has 0 bridgehead atoms. The summed E-state index contributed by atoms with van der Waals surface area (Å²) in [5.74, 6) is 0.120. The van der Waals surface area contributed by atoms with Crippen molar-refractivity contribution < 1.29 is 9.52 Å². The van der Waals surface area contributed by atoms with E-state index in [4.69, 9.17) is 4.42 Å². The normalized spacial score (nSPS) is 12.3. The van der Waals surface area contributed by atoms with Gasteiger partial charge in [-0.15, -0.1) is 0 Å². The Morgan fingerprint density at radius 1 is 0.840 bits per heavy atom. The number of hydrogen-bond donors (Lipinski definition) is 1. The molecule has 0 radical (unpaired) electrons. The number of hydrogen-bond acceptors (Lipinski definition) is 3. The van der Waals surface area contributed by atoms with E-state index in [1.165, 1.54) is 0 Å². The first kappa shape index (κ1) is 12.8. The molecule has 118 valence electrons. The van der Waals surface area contributed by atoms with Gasteiger partial charge in [0.25, 0.3) is 5.56 Å². The first-order chi connectivity index (χ1) is 12.2. The summed E-state index contributed by atoms with van der Waals surface area (Å²) in [7, 11) is 0. The molecule has 0 saturated heterocycles. The van der Waals surface area contributed by atoms with Crippen molar-refractivity contribution in [1.29, 1.82) is 0 Å². The maximum Gasteiger partial charge on any atom is 0.267 e. The van der Waals surface area contributed by atoms with E-state index in [1.807, 2.05) is 42.5 Å². The third kappa shape index (κ3) is 1.41.